The monoisotopic (exact) mass is 410 g/mol. The highest BCUT2D eigenvalue weighted by atomic mass is 35.5. The molecule has 2 aliphatic rings. The Hall–Kier alpha value is -2.21. The molecule has 2 aromatic rings. The summed E-state index contributed by atoms with van der Waals surface area (Å²) in [5.41, 5.74) is 9.77. The van der Waals surface area contributed by atoms with E-state index in [0.29, 0.717) is 22.0 Å². The molecule has 5 nitrogen and oxygen atoms in total. The van der Waals surface area contributed by atoms with Gasteiger partial charge in [-0.1, -0.05) is 35.9 Å². The van der Waals surface area contributed by atoms with Gasteiger partial charge in [0.1, 0.15) is 11.9 Å². The third kappa shape index (κ3) is 4.22. The van der Waals surface area contributed by atoms with Crippen molar-refractivity contribution < 1.29 is 4.74 Å². The molecule has 1 fully saturated rings. The SMILES string of the molecule is N=CCC(=N)c1cc(Cl)ccc1OC1c2ccccc2CC1N1CCCC(N)C1. The van der Waals surface area contributed by atoms with E-state index in [1.165, 1.54) is 17.3 Å². The van der Waals surface area contributed by atoms with E-state index < -0.39 is 0 Å². The maximum absolute atomic E-state index is 8.34. The van der Waals surface area contributed by atoms with E-state index >= 15 is 0 Å². The molecular weight excluding hydrogens is 384 g/mol. The fourth-order valence-electron chi connectivity index (χ4n) is 4.53. The van der Waals surface area contributed by atoms with Gasteiger partial charge in [0.05, 0.1) is 6.04 Å². The number of fused-ring (bicyclic) bond motifs is 1. The molecule has 4 rings (SSSR count). The standard InChI is InChI=1S/C23H27ClN4O/c24-16-7-8-22(19(13-16)20(27)9-10-25)29-23-18-6-2-1-4-15(18)12-21(23)28-11-3-5-17(26)14-28/h1-2,4,6-8,10,13,17,21,23,25,27H,3,5,9,11-12,14,26H2. The minimum absolute atomic E-state index is 0.121. The number of piperidine rings is 1. The van der Waals surface area contributed by atoms with Crippen molar-refractivity contribution in [3.63, 3.8) is 0 Å². The first kappa shape index (κ1) is 20.1. The van der Waals surface area contributed by atoms with Crippen LogP contribution < -0.4 is 10.5 Å². The molecule has 152 valence electrons. The van der Waals surface area contributed by atoms with Crippen LogP contribution in [-0.4, -0.2) is 42.0 Å². The molecule has 1 saturated heterocycles. The van der Waals surface area contributed by atoms with E-state index in [-0.39, 0.29) is 24.6 Å². The Morgan fingerprint density at radius 3 is 2.90 bits per heavy atom. The van der Waals surface area contributed by atoms with Crippen LogP contribution in [0.5, 0.6) is 5.75 Å². The van der Waals surface area contributed by atoms with Gasteiger partial charge in [-0.15, -0.1) is 0 Å². The lowest BCUT2D eigenvalue weighted by Gasteiger charge is -2.38. The van der Waals surface area contributed by atoms with Crippen LogP contribution in [0.4, 0.5) is 0 Å². The van der Waals surface area contributed by atoms with Crippen molar-refractivity contribution in [1.82, 2.24) is 4.90 Å². The second-order valence-corrected chi connectivity index (χ2v) is 8.37. The summed E-state index contributed by atoms with van der Waals surface area (Å²) in [7, 11) is 0. The lowest BCUT2D eigenvalue weighted by atomic mass is 10.0. The molecule has 4 N–H and O–H groups in total. The Bertz CT molecular complexity index is 916. The summed E-state index contributed by atoms with van der Waals surface area (Å²) in [5.74, 6) is 0.647. The highest BCUT2D eigenvalue weighted by molar-refractivity contribution is 6.31. The lowest BCUT2D eigenvalue weighted by Crippen LogP contribution is -2.49. The van der Waals surface area contributed by atoms with Crippen LogP contribution in [0.3, 0.4) is 0 Å². The zero-order valence-corrected chi connectivity index (χ0v) is 17.2. The summed E-state index contributed by atoms with van der Waals surface area (Å²) in [6.07, 6.45) is 4.48. The van der Waals surface area contributed by atoms with Gasteiger partial charge in [0, 0.05) is 41.5 Å². The van der Waals surface area contributed by atoms with Gasteiger partial charge in [-0.25, -0.2) is 0 Å². The van der Waals surface area contributed by atoms with Crippen LogP contribution in [0.1, 0.15) is 42.1 Å². The summed E-state index contributed by atoms with van der Waals surface area (Å²) < 4.78 is 6.60. The van der Waals surface area contributed by atoms with Crippen LogP contribution in [-0.2, 0) is 6.42 Å². The van der Waals surface area contributed by atoms with Gasteiger partial charge < -0.3 is 21.3 Å². The smallest absolute Gasteiger partial charge is 0.140 e. The van der Waals surface area contributed by atoms with Crippen molar-refractivity contribution >= 4 is 23.5 Å². The Labute approximate surface area is 176 Å². The van der Waals surface area contributed by atoms with Gasteiger partial charge in [0.15, 0.2) is 0 Å². The second kappa shape index (κ2) is 8.66. The maximum atomic E-state index is 8.34. The Kier molecular flexibility index (Phi) is 5.99. The van der Waals surface area contributed by atoms with Crippen molar-refractivity contribution in [2.24, 2.45) is 5.73 Å². The predicted molar refractivity (Wildman–Crippen MR) is 118 cm³/mol. The number of likely N-dealkylation sites (tertiary alicyclic amines) is 1. The minimum atomic E-state index is -0.121. The largest absolute Gasteiger partial charge is 0.483 e. The fraction of sp³-hybridized carbons (Fsp3) is 0.391. The maximum Gasteiger partial charge on any atom is 0.140 e. The van der Waals surface area contributed by atoms with Crippen LogP contribution in [0.25, 0.3) is 0 Å². The van der Waals surface area contributed by atoms with E-state index in [1.807, 2.05) is 6.07 Å². The topological polar surface area (TPSA) is 86.2 Å². The molecule has 3 atom stereocenters. The number of benzene rings is 2. The normalized spacial score (nSPS) is 24.1. The number of nitrogens with one attached hydrogen (secondary N) is 2. The van der Waals surface area contributed by atoms with Crippen molar-refractivity contribution in [2.45, 2.75) is 43.9 Å². The molecule has 2 aromatic carbocycles. The van der Waals surface area contributed by atoms with Crippen LogP contribution >= 0.6 is 11.6 Å². The molecule has 0 bridgehead atoms. The van der Waals surface area contributed by atoms with Crippen molar-refractivity contribution in [3.05, 3.63) is 64.2 Å². The molecular formula is C23H27ClN4O. The van der Waals surface area contributed by atoms with Crippen LogP contribution in [0, 0.1) is 10.8 Å². The van der Waals surface area contributed by atoms with E-state index in [9.17, 15) is 0 Å². The van der Waals surface area contributed by atoms with Crippen molar-refractivity contribution in [3.8, 4) is 5.75 Å². The first-order chi connectivity index (χ1) is 14.1. The summed E-state index contributed by atoms with van der Waals surface area (Å²) >= 11 is 6.19. The molecule has 0 spiro atoms. The molecule has 0 saturated carbocycles. The van der Waals surface area contributed by atoms with Crippen molar-refractivity contribution in [2.75, 3.05) is 13.1 Å². The number of hydrogen-bond acceptors (Lipinski definition) is 5. The van der Waals surface area contributed by atoms with Gasteiger partial charge in [-0.3, -0.25) is 4.90 Å². The zero-order valence-electron chi connectivity index (χ0n) is 16.4. The predicted octanol–water partition coefficient (Wildman–Crippen LogP) is 4.22. The molecule has 1 aliphatic heterocycles. The van der Waals surface area contributed by atoms with Gasteiger partial charge in [-0.2, -0.15) is 0 Å². The van der Waals surface area contributed by atoms with Crippen LogP contribution in [0.15, 0.2) is 42.5 Å². The zero-order chi connectivity index (χ0) is 20.4. The van der Waals surface area contributed by atoms with E-state index in [0.717, 1.165) is 32.4 Å². The van der Waals surface area contributed by atoms with Gasteiger partial charge in [0.2, 0.25) is 0 Å². The number of nitrogens with two attached hydrogens (primary N) is 1. The quantitative estimate of drug-likeness (QED) is 0.623. The molecule has 3 unspecified atom stereocenters. The molecule has 29 heavy (non-hydrogen) atoms. The number of rotatable bonds is 6. The number of hydrogen-bond donors (Lipinski definition) is 3. The highest BCUT2D eigenvalue weighted by Crippen LogP contribution is 2.40. The molecule has 1 aliphatic carbocycles. The summed E-state index contributed by atoms with van der Waals surface area (Å²) in [6, 6.07) is 14.3. The number of ether oxygens (including phenoxy) is 1. The third-order valence-electron chi connectivity index (χ3n) is 5.93. The first-order valence-corrected chi connectivity index (χ1v) is 10.5. The van der Waals surface area contributed by atoms with E-state index in [2.05, 4.69) is 29.2 Å². The van der Waals surface area contributed by atoms with Gasteiger partial charge >= 0.3 is 0 Å². The molecule has 0 amide bonds. The Morgan fingerprint density at radius 1 is 1.28 bits per heavy atom. The number of nitrogens with zero attached hydrogens (tertiary/aromatic N) is 1. The average molecular weight is 411 g/mol. The summed E-state index contributed by atoms with van der Waals surface area (Å²) in [6.45, 7) is 1.92. The van der Waals surface area contributed by atoms with E-state index in [1.54, 1.807) is 12.1 Å². The molecule has 0 aromatic heterocycles. The first-order valence-electron chi connectivity index (χ1n) is 10.2. The number of halogens is 1. The lowest BCUT2D eigenvalue weighted by molar-refractivity contribution is 0.0592. The minimum Gasteiger partial charge on any atom is -0.483 e. The Morgan fingerprint density at radius 2 is 2.10 bits per heavy atom. The molecule has 1 heterocycles. The van der Waals surface area contributed by atoms with Crippen LogP contribution in [0.2, 0.25) is 5.02 Å². The summed E-state index contributed by atoms with van der Waals surface area (Å²) in [5, 5.41) is 16.3. The van der Waals surface area contributed by atoms with Gasteiger partial charge in [0.25, 0.3) is 0 Å². The van der Waals surface area contributed by atoms with Gasteiger partial charge in [-0.05, 0) is 55.1 Å². The third-order valence-corrected chi connectivity index (χ3v) is 6.16. The average Bonchev–Trinajstić information content (AvgIpc) is 3.08. The highest BCUT2D eigenvalue weighted by Gasteiger charge is 2.39. The van der Waals surface area contributed by atoms with E-state index in [4.69, 9.17) is 32.9 Å². The summed E-state index contributed by atoms with van der Waals surface area (Å²) in [4.78, 5) is 2.47. The fourth-order valence-corrected chi connectivity index (χ4v) is 4.70. The Balaban J connectivity index is 1.68. The molecule has 0 radical (unpaired) electrons. The molecule has 6 heteroatoms. The van der Waals surface area contributed by atoms with Crippen molar-refractivity contribution in [1.29, 1.82) is 10.8 Å². The second-order valence-electron chi connectivity index (χ2n) is 7.93.